The molecule has 18 heavy (non-hydrogen) atoms. The van der Waals surface area contributed by atoms with E-state index in [-0.39, 0.29) is 11.5 Å². The Hall–Kier alpha value is -1.32. The van der Waals surface area contributed by atoms with Crippen LogP contribution in [0.3, 0.4) is 0 Å². The third-order valence-electron chi connectivity index (χ3n) is 4.12. The predicted octanol–water partition coefficient (Wildman–Crippen LogP) is 2.89. The smallest absolute Gasteiger partial charge is 0.252 e. The highest BCUT2D eigenvalue weighted by Gasteiger charge is 2.34. The Morgan fingerprint density at radius 3 is 2.72 bits per heavy atom. The number of H-pyrrole nitrogens is 1. The molecule has 100 valence electrons. The lowest BCUT2D eigenvalue weighted by Crippen LogP contribution is -2.36. The van der Waals surface area contributed by atoms with Crippen molar-refractivity contribution in [1.29, 1.82) is 0 Å². The molecule has 2 N–H and O–H groups in total. The first-order valence-electron chi connectivity index (χ1n) is 6.90. The molecular formula is C14H23N3O. The Morgan fingerprint density at radius 2 is 2.22 bits per heavy atom. The average Bonchev–Trinajstić information content (AvgIpc) is 2.27. The van der Waals surface area contributed by atoms with Crippen molar-refractivity contribution >= 4 is 5.82 Å². The SMILES string of the molecule is CCC1(CNc2cc(=O)[nH]c(C(C)C)n2)CCC1. The topological polar surface area (TPSA) is 57.8 Å². The van der Waals surface area contributed by atoms with Crippen LogP contribution in [0.15, 0.2) is 10.9 Å². The number of hydrogen-bond donors (Lipinski definition) is 2. The summed E-state index contributed by atoms with van der Waals surface area (Å²) in [6, 6.07) is 1.55. The maximum Gasteiger partial charge on any atom is 0.252 e. The molecule has 4 heteroatoms. The lowest BCUT2D eigenvalue weighted by Gasteiger charge is -2.41. The average molecular weight is 249 g/mol. The second kappa shape index (κ2) is 5.12. The fourth-order valence-corrected chi connectivity index (χ4v) is 2.45. The molecule has 1 aromatic rings. The van der Waals surface area contributed by atoms with Gasteiger partial charge < -0.3 is 10.3 Å². The summed E-state index contributed by atoms with van der Waals surface area (Å²) in [5.74, 6) is 1.70. The van der Waals surface area contributed by atoms with Crippen LogP contribution >= 0.6 is 0 Å². The van der Waals surface area contributed by atoms with Crippen molar-refractivity contribution in [2.24, 2.45) is 5.41 Å². The highest BCUT2D eigenvalue weighted by Crippen LogP contribution is 2.43. The van der Waals surface area contributed by atoms with Crippen molar-refractivity contribution in [2.45, 2.75) is 52.4 Å². The van der Waals surface area contributed by atoms with Crippen molar-refractivity contribution in [3.8, 4) is 0 Å². The third kappa shape index (κ3) is 2.74. The summed E-state index contributed by atoms with van der Waals surface area (Å²) < 4.78 is 0. The second-order valence-corrected chi connectivity index (χ2v) is 5.73. The normalized spacial score (nSPS) is 17.6. The molecule has 0 unspecified atom stereocenters. The Morgan fingerprint density at radius 1 is 1.50 bits per heavy atom. The van der Waals surface area contributed by atoms with Crippen molar-refractivity contribution < 1.29 is 0 Å². The van der Waals surface area contributed by atoms with E-state index in [4.69, 9.17) is 0 Å². The summed E-state index contributed by atoms with van der Waals surface area (Å²) in [4.78, 5) is 18.8. The molecule has 4 nitrogen and oxygen atoms in total. The summed E-state index contributed by atoms with van der Waals surface area (Å²) in [5.41, 5.74) is 0.359. The predicted molar refractivity (Wildman–Crippen MR) is 74.0 cm³/mol. The van der Waals surface area contributed by atoms with Gasteiger partial charge in [0, 0.05) is 18.5 Å². The number of aromatic amines is 1. The van der Waals surface area contributed by atoms with Gasteiger partial charge in [0.1, 0.15) is 11.6 Å². The molecule has 1 aliphatic carbocycles. The number of hydrogen-bond acceptors (Lipinski definition) is 3. The zero-order valence-corrected chi connectivity index (χ0v) is 11.5. The van der Waals surface area contributed by atoms with Crippen LogP contribution in [0, 0.1) is 5.41 Å². The molecule has 0 amide bonds. The van der Waals surface area contributed by atoms with Gasteiger partial charge >= 0.3 is 0 Å². The summed E-state index contributed by atoms with van der Waals surface area (Å²) in [7, 11) is 0. The maximum atomic E-state index is 11.6. The van der Waals surface area contributed by atoms with E-state index in [1.54, 1.807) is 6.07 Å². The van der Waals surface area contributed by atoms with E-state index in [0.717, 1.165) is 12.4 Å². The zero-order valence-electron chi connectivity index (χ0n) is 11.5. The van der Waals surface area contributed by atoms with Gasteiger partial charge in [-0.05, 0) is 24.7 Å². The quantitative estimate of drug-likeness (QED) is 0.843. The van der Waals surface area contributed by atoms with Crippen LogP contribution in [-0.2, 0) is 0 Å². The molecule has 1 aromatic heterocycles. The third-order valence-corrected chi connectivity index (χ3v) is 4.12. The van der Waals surface area contributed by atoms with Gasteiger partial charge in [-0.1, -0.05) is 27.2 Å². The largest absolute Gasteiger partial charge is 0.369 e. The number of nitrogens with zero attached hydrogens (tertiary/aromatic N) is 1. The van der Waals surface area contributed by atoms with E-state index in [9.17, 15) is 4.79 Å². The van der Waals surface area contributed by atoms with Crippen LogP contribution in [0.5, 0.6) is 0 Å². The lowest BCUT2D eigenvalue weighted by atomic mass is 9.67. The van der Waals surface area contributed by atoms with Gasteiger partial charge in [-0.3, -0.25) is 4.79 Å². The van der Waals surface area contributed by atoms with Crippen LogP contribution in [0.2, 0.25) is 0 Å². The summed E-state index contributed by atoms with van der Waals surface area (Å²) in [6.45, 7) is 7.23. The monoisotopic (exact) mass is 249 g/mol. The molecule has 0 aliphatic heterocycles. The van der Waals surface area contributed by atoms with Gasteiger partial charge in [-0.25, -0.2) is 4.98 Å². The van der Waals surface area contributed by atoms with E-state index >= 15 is 0 Å². The number of aromatic nitrogens is 2. The Kier molecular flexibility index (Phi) is 3.73. The van der Waals surface area contributed by atoms with Gasteiger partial charge in [0.05, 0.1) is 0 Å². The van der Waals surface area contributed by atoms with E-state index in [1.807, 2.05) is 13.8 Å². The molecule has 1 fully saturated rings. The van der Waals surface area contributed by atoms with Gasteiger partial charge in [-0.15, -0.1) is 0 Å². The van der Waals surface area contributed by atoms with Crippen LogP contribution in [0.1, 0.15) is 58.2 Å². The Bertz CT molecular complexity index is 455. The molecule has 1 saturated carbocycles. The molecule has 0 atom stereocenters. The Balaban J connectivity index is 2.07. The van der Waals surface area contributed by atoms with Crippen molar-refractivity contribution in [3.63, 3.8) is 0 Å². The Labute approximate surface area is 108 Å². The second-order valence-electron chi connectivity index (χ2n) is 5.73. The zero-order chi connectivity index (χ0) is 13.2. The fraction of sp³-hybridized carbons (Fsp3) is 0.714. The van der Waals surface area contributed by atoms with Crippen LogP contribution in [0.25, 0.3) is 0 Å². The molecule has 1 aliphatic rings. The summed E-state index contributed by atoms with van der Waals surface area (Å²) in [5, 5.41) is 3.34. The van der Waals surface area contributed by atoms with E-state index in [1.165, 1.54) is 25.7 Å². The fourth-order valence-electron chi connectivity index (χ4n) is 2.45. The van der Waals surface area contributed by atoms with Crippen LogP contribution < -0.4 is 10.9 Å². The molecule has 2 rings (SSSR count). The van der Waals surface area contributed by atoms with E-state index < -0.39 is 0 Å². The van der Waals surface area contributed by atoms with Gasteiger partial charge in [0.25, 0.3) is 5.56 Å². The number of nitrogens with one attached hydrogen (secondary N) is 2. The summed E-state index contributed by atoms with van der Waals surface area (Å²) in [6.07, 6.45) is 5.10. The molecule has 0 aromatic carbocycles. The molecule has 0 spiro atoms. The summed E-state index contributed by atoms with van der Waals surface area (Å²) >= 11 is 0. The van der Waals surface area contributed by atoms with Gasteiger partial charge in [0.15, 0.2) is 0 Å². The van der Waals surface area contributed by atoms with E-state index in [0.29, 0.717) is 11.2 Å². The molecule has 0 bridgehead atoms. The first kappa shape index (κ1) is 13.1. The molecular weight excluding hydrogens is 226 g/mol. The van der Waals surface area contributed by atoms with Crippen molar-refractivity contribution in [2.75, 3.05) is 11.9 Å². The molecule has 1 heterocycles. The van der Waals surface area contributed by atoms with Crippen LogP contribution in [0.4, 0.5) is 5.82 Å². The molecule has 0 radical (unpaired) electrons. The first-order valence-corrected chi connectivity index (χ1v) is 6.90. The number of anilines is 1. The van der Waals surface area contributed by atoms with Gasteiger partial charge in [0.2, 0.25) is 0 Å². The minimum absolute atomic E-state index is 0.0737. The molecule has 0 saturated heterocycles. The standard InChI is InChI=1S/C14H23N3O/c1-4-14(6-5-7-14)9-15-11-8-12(18)17-13(16-11)10(2)3/h8,10H,4-7,9H2,1-3H3,(H2,15,16,17,18). The highest BCUT2D eigenvalue weighted by molar-refractivity contribution is 5.34. The van der Waals surface area contributed by atoms with Gasteiger partial charge in [-0.2, -0.15) is 0 Å². The van der Waals surface area contributed by atoms with Crippen molar-refractivity contribution in [3.05, 3.63) is 22.2 Å². The minimum Gasteiger partial charge on any atom is -0.369 e. The first-order chi connectivity index (χ1) is 8.54. The van der Waals surface area contributed by atoms with E-state index in [2.05, 4.69) is 22.2 Å². The number of rotatable bonds is 5. The van der Waals surface area contributed by atoms with Crippen LogP contribution in [-0.4, -0.2) is 16.5 Å². The highest BCUT2D eigenvalue weighted by atomic mass is 16.1. The maximum absolute atomic E-state index is 11.6. The lowest BCUT2D eigenvalue weighted by molar-refractivity contribution is 0.145. The van der Waals surface area contributed by atoms with Crippen molar-refractivity contribution in [1.82, 2.24) is 9.97 Å². The minimum atomic E-state index is -0.0737.